The molecule has 24 heavy (non-hydrogen) atoms. The van der Waals surface area contributed by atoms with Crippen molar-refractivity contribution >= 4 is 23.5 Å². The lowest BCUT2D eigenvalue weighted by Crippen LogP contribution is -2.28. The molecule has 3 nitrogen and oxygen atoms in total. The third-order valence-electron chi connectivity index (χ3n) is 3.10. The van der Waals surface area contributed by atoms with E-state index >= 15 is 0 Å². The molecule has 0 aromatic heterocycles. The molecule has 128 valence electrons. The molecule has 8 heteroatoms. The molecule has 0 aliphatic heterocycles. The van der Waals surface area contributed by atoms with Crippen molar-refractivity contribution in [3.05, 3.63) is 59.4 Å². The molecule has 2 amide bonds. The number of carbonyl (C=O) groups excluding carboxylic acids is 1. The minimum atomic E-state index is -4.35. The van der Waals surface area contributed by atoms with Crippen molar-refractivity contribution in [2.75, 3.05) is 5.32 Å². The Bertz CT molecular complexity index is 717. The first-order valence-electron chi connectivity index (χ1n) is 6.88. The standard InChI is InChI=1S/C16H14F4N2OS/c1-10-2-3-12(17)8-11(10)9-21-15(23)22-13-4-6-14(7-5-13)24-16(18,19)20/h2-8H,9H2,1H3,(H2,21,22,23). The lowest BCUT2D eigenvalue weighted by molar-refractivity contribution is -0.0328. The molecule has 2 N–H and O–H groups in total. The molecule has 0 bridgehead atoms. The molecule has 2 aromatic rings. The number of hydrogen-bond acceptors (Lipinski definition) is 2. The molecule has 0 saturated heterocycles. The Morgan fingerprint density at radius 3 is 2.42 bits per heavy atom. The van der Waals surface area contributed by atoms with Crippen LogP contribution in [-0.2, 0) is 6.54 Å². The Morgan fingerprint density at radius 2 is 1.79 bits per heavy atom. The van der Waals surface area contributed by atoms with E-state index in [1.165, 1.54) is 36.4 Å². The van der Waals surface area contributed by atoms with E-state index in [4.69, 9.17) is 0 Å². The molecule has 0 fully saturated rings. The highest BCUT2D eigenvalue weighted by atomic mass is 32.2. The highest BCUT2D eigenvalue weighted by Crippen LogP contribution is 2.36. The van der Waals surface area contributed by atoms with E-state index in [-0.39, 0.29) is 23.2 Å². The van der Waals surface area contributed by atoms with Crippen molar-refractivity contribution in [2.45, 2.75) is 23.9 Å². The van der Waals surface area contributed by atoms with Gasteiger partial charge in [-0.2, -0.15) is 13.2 Å². The highest BCUT2D eigenvalue weighted by molar-refractivity contribution is 8.00. The fourth-order valence-corrected chi connectivity index (χ4v) is 2.46. The predicted octanol–water partition coefficient (Wildman–Crippen LogP) is 5.07. The lowest BCUT2D eigenvalue weighted by atomic mass is 10.1. The first kappa shape index (κ1) is 18.1. The summed E-state index contributed by atoms with van der Waals surface area (Å²) in [5.74, 6) is -0.393. The molecule has 0 aliphatic rings. The van der Waals surface area contributed by atoms with Crippen molar-refractivity contribution in [2.24, 2.45) is 0 Å². The number of halogens is 4. The zero-order valence-electron chi connectivity index (χ0n) is 12.6. The van der Waals surface area contributed by atoms with E-state index in [1.54, 1.807) is 13.0 Å². The SMILES string of the molecule is Cc1ccc(F)cc1CNC(=O)Nc1ccc(SC(F)(F)F)cc1. The van der Waals surface area contributed by atoms with Gasteiger partial charge in [0.15, 0.2) is 0 Å². The number of rotatable bonds is 4. The molecule has 0 unspecified atom stereocenters. The number of carbonyl (C=O) groups is 1. The van der Waals surface area contributed by atoms with Crippen LogP contribution in [0.25, 0.3) is 0 Å². The van der Waals surface area contributed by atoms with Gasteiger partial charge < -0.3 is 10.6 Å². The molecule has 0 aliphatic carbocycles. The number of urea groups is 1. The van der Waals surface area contributed by atoms with Gasteiger partial charge in [0.25, 0.3) is 0 Å². The Morgan fingerprint density at radius 1 is 1.12 bits per heavy atom. The smallest absolute Gasteiger partial charge is 0.334 e. The third kappa shape index (κ3) is 5.77. The van der Waals surface area contributed by atoms with Crippen LogP contribution in [0, 0.1) is 12.7 Å². The van der Waals surface area contributed by atoms with Gasteiger partial charge in [0.2, 0.25) is 0 Å². The molecular formula is C16H14F4N2OS. The second-order valence-corrected chi connectivity index (χ2v) is 6.09. The van der Waals surface area contributed by atoms with E-state index in [1.807, 2.05) is 0 Å². The van der Waals surface area contributed by atoms with Gasteiger partial charge >= 0.3 is 11.5 Å². The summed E-state index contributed by atoms with van der Waals surface area (Å²) in [6.45, 7) is 1.93. The summed E-state index contributed by atoms with van der Waals surface area (Å²) in [5, 5.41) is 5.07. The molecule has 0 radical (unpaired) electrons. The van der Waals surface area contributed by atoms with Crippen molar-refractivity contribution < 1.29 is 22.4 Å². The molecule has 0 saturated carbocycles. The van der Waals surface area contributed by atoms with Gasteiger partial charge in [0.05, 0.1) is 0 Å². The van der Waals surface area contributed by atoms with Gasteiger partial charge in [0.1, 0.15) is 5.82 Å². The summed E-state index contributed by atoms with van der Waals surface area (Å²) in [5.41, 5.74) is -2.52. The second kappa shape index (κ2) is 7.57. The highest BCUT2D eigenvalue weighted by Gasteiger charge is 2.29. The number of alkyl halides is 3. The van der Waals surface area contributed by atoms with Crippen LogP contribution < -0.4 is 10.6 Å². The maximum absolute atomic E-state index is 13.2. The largest absolute Gasteiger partial charge is 0.446 e. The van der Waals surface area contributed by atoms with Crippen LogP contribution in [0.4, 0.5) is 28.0 Å². The van der Waals surface area contributed by atoms with Crippen LogP contribution in [0.15, 0.2) is 47.4 Å². The van der Waals surface area contributed by atoms with Crippen molar-refractivity contribution in [3.8, 4) is 0 Å². The summed E-state index contributed by atoms with van der Waals surface area (Å²) >= 11 is -0.225. The lowest BCUT2D eigenvalue weighted by Gasteiger charge is -2.10. The molecule has 0 atom stereocenters. The Kier molecular flexibility index (Phi) is 5.71. The van der Waals surface area contributed by atoms with Crippen LogP contribution in [-0.4, -0.2) is 11.5 Å². The average Bonchev–Trinajstić information content (AvgIpc) is 2.49. The first-order chi connectivity index (χ1) is 11.2. The monoisotopic (exact) mass is 358 g/mol. The number of amides is 2. The van der Waals surface area contributed by atoms with Gasteiger partial charge in [-0.05, 0) is 66.2 Å². The van der Waals surface area contributed by atoms with Crippen LogP contribution in [0.1, 0.15) is 11.1 Å². The summed E-state index contributed by atoms with van der Waals surface area (Å²) in [6, 6.07) is 9.03. The fourth-order valence-electron chi connectivity index (χ4n) is 1.92. The summed E-state index contributed by atoms with van der Waals surface area (Å²) in [7, 11) is 0. The van der Waals surface area contributed by atoms with Crippen LogP contribution in [0.2, 0.25) is 0 Å². The number of benzene rings is 2. The van der Waals surface area contributed by atoms with Gasteiger partial charge in [-0.3, -0.25) is 0 Å². The van der Waals surface area contributed by atoms with Crippen molar-refractivity contribution in [3.63, 3.8) is 0 Å². The normalized spacial score (nSPS) is 11.2. The van der Waals surface area contributed by atoms with Gasteiger partial charge in [-0.1, -0.05) is 6.07 Å². The zero-order chi connectivity index (χ0) is 17.7. The van der Waals surface area contributed by atoms with E-state index in [0.29, 0.717) is 11.3 Å². The Balaban J connectivity index is 1.89. The number of anilines is 1. The number of hydrogen-bond donors (Lipinski definition) is 2. The minimum Gasteiger partial charge on any atom is -0.334 e. The number of aryl methyl sites for hydroxylation is 1. The van der Waals surface area contributed by atoms with Crippen molar-refractivity contribution in [1.29, 1.82) is 0 Å². The van der Waals surface area contributed by atoms with E-state index in [9.17, 15) is 22.4 Å². The van der Waals surface area contributed by atoms with Crippen molar-refractivity contribution in [1.82, 2.24) is 5.32 Å². The first-order valence-corrected chi connectivity index (χ1v) is 7.70. The Labute approximate surface area is 140 Å². The maximum Gasteiger partial charge on any atom is 0.446 e. The molecule has 2 rings (SSSR count). The van der Waals surface area contributed by atoms with Crippen LogP contribution in [0.5, 0.6) is 0 Å². The maximum atomic E-state index is 13.2. The summed E-state index contributed by atoms with van der Waals surface area (Å²) in [6.07, 6.45) is 0. The summed E-state index contributed by atoms with van der Waals surface area (Å²) < 4.78 is 49.9. The van der Waals surface area contributed by atoms with Gasteiger partial charge in [-0.15, -0.1) is 0 Å². The average molecular weight is 358 g/mol. The van der Waals surface area contributed by atoms with Crippen LogP contribution in [0.3, 0.4) is 0 Å². The van der Waals surface area contributed by atoms with E-state index in [2.05, 4.69) is 10.6 Å². The summed E-state index contributed by atoms with van der Waals surface area (Å²) in [4.78, 5) is 11.8. The molecule has 2 aromatic carbocycles. The van der Waals surface area contributed by atoms with E-state index in [0.717, 1.165) is 5.56 Å². The zero-order valence-corrected chi connectivity index (χ0v) is 13.4. The fraction of sp³-hybridized carbons (Fsp3) is 0.188. The third-order valence-corrected chi connectivity index (χ3v) is 3.84. The second-order valence-electron chi connectivity index (χ2n) is 4.95. The quantitative estimate of drug-likeness (QED) is 0.592. The minimum absolute atomic E-state index is 0.0313. The Hall–Kier alpha value is -2.22. The number of nitrogens with one attached hydrogen (secondary N) is 2. The predicted molar refractivity (Wildman–Crippen MR) is 85.3 cm³/mol. The van der Waals surface area contributed by atoms with Gasteiger partial charge in [-0.25, -0.2) is 9.18 Å². The topological polar surface area (TPSA) is 41.1 Å². The van der Waals surface area contributed by atoms with Gasteiger partial charge in [0, 0.05) is 17.1 Å². The number of thioether (sulfide) groups is 1. The van der Waals surface area contributed by atoms with Crippen LogP contribution >= 0.6 is 11.8 Å². The molecular weight excluding hydrogens is 344 g/mol. The van der Waals surface area contributed by atoms with E-state index < -0.39 is 17.4 Å². The molecule has 0 spiro atoms. The molecule has 0 heterocycles.